The third kappa shape index (κ3) is 0.686. The molecule has 0 aromatic rings. The van der Waals surface area contributed by atoms with E-state index in [4.69, 9.17) is 9.84 Å². The Morgan fingerprint density at radius 1 is 1.70 bits per heavy atom. The summed E-state index contributed by atoms with van der Waals surface area (Å²) in [5.74, 6) is 0. The molecular weight excluding hydrogens is 134 g/mol. The van der Waals surface area contributed by atoms with Crippen molar-refractivity contribution in [2.75, 3.05) is 13.2 Å². The van der Waals surface area contributed by atoms with Gasteiger partial charge in [-0.05, 0) is 6.42 Å². The molecule has 2 aliphatic heterocycles. The highest BCUT2D eigenvalue weighted by atomic mass is 16.6. The molecule has 2 atom stereocenters. The molecule has 4 nitrogen and oxygen atoms in total. The van der Waals surface area contributed by atoms with E-state index in [1.165, 1.54) is 0 Å². The molecule has 2 heterocycles. The molecule has 2 saturated heterocycles. The van der Waals surface area contributed by atoms with Gasteiger partial charge in [0.05, 0.1) is 18.7 Å². The lowest BCUT2D eigenvalue weighted by Gasteiger charge is -2.08. The first-order chi connectivity index (χ1) is 4.77. The van der Waals surface area contributed by atoms with Crippen molar-refractivity contribution in [2.24, 2.45) is 0 Å². The highest BCUT2D eigenvalue weighted by Crippen LogP contribution is 2.23. The van der Waals surface area contributed by atoms with Crippen molar-refractivity contribution >= 4 is 6.09 Å². The van der Waals surface area contributed by atoms with Gasteiger partial charge < -0.3 is 9.84 Å². The molecule has 1 amide bonds. The number of cyclic esters (lactones) is 1. The molecule has 0 aliphatic carbocycles. The highest BCUT2D eigenvalue weighted by Gasteiger charge is 2.40. The van der Waals surface area contributed by atoms with E-state index in [0.717, 1.165) is 0 Å². The van der Waals surface area contributed by atoms with Gasteiger partial charge in [-0.1, -0.05) is 0 Å². The van der Waals surface area contributed by atoms with Gasteiger partial charge in [0, 0.05) is 0 Å². The monoisotopic (exact) mass is 143 g/mol. The minimum Gasteiger partial charge on any atom is -0.447 e. The average molecular weight is 143 g/mol. The summed E-state index contributed by atoms with van der Waals surface area (Å²) in [6, 6.07) is 0.141. The van der Waals surface area contributed by atoms with Crippen molar-refractivity contribution in [1.82, 2.24) is 4.90 Å². The zero-order valence-electron chi connectivity index (χ0n) is 5.49. The Hall–Kier alpha value is -0.770. The van der Waals surface area contributed by atoms with Crippen molar-refractivity contribution < 1.29 is 14.6 Å². The summed E-state index contributed by atoms with van der Waals surface area (Å²) in [5.41, 5.74) is 0. The number of carbonyl (C=O) groups is 1. The van der Waals surface area contributed by atoms with Crippen LogP contribution >= 0.6 is 0 Å². The van der Waals surface area contributed by atoms with Crippen LogP contribution < -0.4 is 0 Å². The second kappa shape index (κ2) is 1.85. The van der Waals surface area contributed by atoms with Gasteiger partial charge >= 0.3 is 6.09 Å². The van der Waals surface area contributed by atoms with Crippen molar-refractivity contribution in [3.05, 3.63) is 0 Å². The largest absolute Gasteiger partial charge is 0.447 e. The molecule has 2 fully saturated rings. The fourth-order valence-corrected chi connectivity index (χ4v) is 1.52. The van der Waals surface area contributed by atoms with Gasteiger partial charge in [-0.25, -0.2) is 4.79 Å². The molecule has 56 valence electrons. The molecule has 0 unspecified atom stereocenters. The van der Waals surface area contributed by atoms with E-state index in [1.807, 2.05) is 0 Å². The molecule has 10 heavy (non-hydrogen) atoms. The van der Waals surface area contributed by atoms with Crippen LogP contribution in [0.3, 0.4) is 0 Å². The first-order valence-electron chi connectivity index (χ1n) is 3.39. The second-order valence-corrected chi connectivity index (χ2v) is 2.77. The minimum atomic E-state index is -0.335. The Balaban J connectivity index is 2.12. The maximum absolute atomic E-state index is 10.8. The number of aliphatic hydroxyl groups is 1. The summed E-state index contributed by atoms with van der Waals surface area (Å²) in [6.07, 6.45) is 0.0607. The van der Waals surface area contributed by atoms with Gasteiger partial charge in [0.1, 0.15) is 6.61 Å². The summed E-state index contributed by atoms with van der Waals surface area (Å²) in [4.78, 5) is 12.4. The molecule has 2 rings (SSSR count). The first kappa shape index (κ1) is 5.97. The van der Waals surface area contributed by atoms with Crippen molar-refractivity contribution in [3.63, 3.8) is 0 Å². The summed E-state index contributed by atoms with van der Waals surface area (Å²) < 4.78 is 4.74. The molecule has 4 heteroatoms. The Bertz CT molecular complexity index is 170. The number of aliphatic hydroxyl groups excluding tert-OH is 1. The molecule has 0 bridgehead atoms. The third-order valence-electron chi connectivity index (χ3n) is 2.03. The first-order valence-corrected chi connectivity index (χ1v) is 3.39. The Morgan fingerprint density at radius 3 is 3.20 bits per heavy atom. The zero-order chi connectivity index (χ0) is 7.14. The molecule has 2 aliphatic rings. The summed E-state index contributed by atoms with van der Waals surface area (Å²) in [6.45, 7) is 0.902. The normalized spacial score (nSPS) is 38.1. The van der Waals surface area contributed by atoms with Crippen LogP contribution in [-0.4, -0.2) is 41.4 Å². The Kier molecular flexibility index (Phi) is 1.11. The van der Waals surface area contributed by atoms with E-state index in [9.17, 15) is 4.79 Å². The van der Waals surface area contributed by atoms with Gasteiger partial charge in [0.2, 0.25) is 0 Å². The van der Waals surface area contributed by atoms with Crippen LogP contribution in [-0.2, 0) is 4.74 Å². The summed E-state index contributed by atoms with van der Waals surface area (Å²) in [7, 11) is 0. The smallest absolute Gasteiger partial charge is 0.410 e. The number of hydrogen-bond acceptors (Lipinski definition) is 3. The predicted octanol–water partition coefficient (Wildman–Crippen LogP) is -0.428. The van der Waals surface area contributed by atoms with E-state index >= 15 is 0 Å². The molecular formula is C6H9NO3. The molecule has 0 aromatic carbocycles. The number of nitrogens with zero attached hydrogens (tertiary/aromatic N) is 1. The SMILES string of the molecule is O=C1OC[C@H]2C[C@@H](O)CN12. The van der Waals surface area contributed by atoms with Crippen LogP contribution in [0.25, 0.3) is 0 Å². The number of rotatable bonds is 0. The number of ether oxygens (including phenoxy) is 1. The van der Waals surface area contributed by atoms with Crippen LogP contribution in [0.4, 0.5) is 4.79 Å². The van der Waals surface area contributed by atoms with Gasteiger partial charge in [0.15, 0.2) is 0 Å². The quantitative estimate of drug-likeness (QED) is 0.500. The van der Waals surface area contributed by atoms with E-state index in [1.54, 1.807) is 4.90 Å². The van der Waals surface area contributed by atoms with E-state index in [0.29, 0.717) is 19.6 Å². The molecule has 0 spiro atoms. The van der Waals surface area contributed by atoms with Crippen LogP contribution in [0.1, 0.15) is 6.42 Å². The minimum absolute atomic E-state index is 0.141. The zero-order valence-corrected chi connectivity index (χ0v) is 5.49. The topological polar surface area (TPSA) is 49.8 Å². The number of amides is 1. The lowest BCUT2D eigenvalue weighted by atomic mass is 10.2. The van der Waals surface area contributed by atoms with Gasteiger partial charge in [-0.3, -0.25) is 4.90 Å². The summed E-state index contributed by atoms with van der Waals surface area (Å²) >= 11 is 0. The maximum atomic E-state index is 10.8. The Morgan fingerprint density at radius 2 is 2.50 bits per heavy atom. The fraction of sp³-hybridized carbons (Fsp3) is 0.833. The molecule has 1 N–H and O–H groups in total. The van der Waals surface area contributed by atoms with E-state index < -0.39 is 0 Å². The maximum Gasteiger partial charge on any atom is 0.410 e. The van der Waals surface area contributed by atoms with Crippen molar-refractivity contribution in [1.29, 1.82) is 0 Å². The van der Waals surface area contributed by atoms with Crippen LogP contribution in [0.5, 0.6) is 0 Å². The molecule has 0 aromatic heterocycles. The fourth-order valence-electron chi connectivity index (χ4n) is 1.52. The van der Waals surface area contributed by atoms with Crippen LogP contribution in [0.2, 0.25) is 0 Å². The average Bonchev–Trinajstić information content (AvgIpc) is 2.35. The van der Waals surface area contributed by atoms with Gasteiger partial charge in [-0.15, -0.1) is 0 Å². The predicted molar refractivity (Wildman–Crippen MR) is 32.5 cm³/mol. The standard InChI is InChI=1S/C6H9NO3/c8-5-1-4-3-10-6(9)7(4)2-5/h4-5,8H,1-3H2/t4-,5-/m1/s1. The Labute approximate surface area is 58.4 Å². The summed E-state index contributed by atoms with van der Waals surface area (Å²) in [5, 5.41) is 9.10. The van der Waals surface area contributed by atoms with E-state index in [2.05, 4.69) is 0 Å². The van der Waals surface area contributed by atoms with Gasteiger partial charge in [-0.2, -0.15) is 0 Å². The molecule has 0 saturated carbocycles. The number of hydrogen-bond donors (Lipinski definition) is 1. The highest BCUT2D eigenvalue weighted by molar-refractivity contribution is 5.70. The van der Waals surface area contributed by atoms with E-state index in [-0.39, 0.29) is 18.2 Å². The van der Waals surface area contributed by atoms with Crippen molar-refractivity contribution in [3.8, 4) is 0 Å². The lowest BCUT2D eigenvalue weighted by Crippen LogP contribution is -2.27. The lowest BCUT2D eigenvalue weighted by molar-refractivity contribution is 0.136. The number of carbonyl (C=O) groups excluding carboxylic acids is 1. The third-order valence-corrected chi connectivity index (χ3v) is 2.03. The van der Waals surface area contributed by atoms with Crippen molar-refractivity contribution in [2.45, 2.75) is 18.6 Å². The molecule has 0 radical (unpaired) electrons. The van der Waals surface area contributed by atoms with Crippen LogP contribution in [0.15, 0.2) is 0 Å². The second-order valence-electron chi connectivity index (χ2n) is 2.77. The van der Waals surface area contributed by atoms with Gasteiger partial charge in [0.25, 0.3) is 0 Å². The number of fused-ring (bicyclic) bond motifs is 1. The van der Waals surface area contributed by atoms with Crippen LogP contribution in [0, 0.1) is 0 Å².